The normalized spacial score (nSPS) is 11.8. The topological polar surface area (TPSA) is 109 Å². The van der Waals surface area contributed by atoms with Crippen molar-refractivity contribution in [2.75, 3.05) is 6.26 Å². The molecule has 2 N–H and O–H groups in total. The third kappa shape index (κ3) is 2.28. The number of rotatable bonds is 3. The number of carboxylic acids is 1. The van der Waals surface area contributed by atoms with Gasteiger partial charge < -0.3 is 10.2 Å². The summed E-state index contributed by atoms with van der Waals surface area (Å²) >= 11 is 0. The first-order valence-electron chi connectivity index (χ1n) is 4.89. The van der Waals surface area contributed by atoms with Crippen LogP contribution in [0.3, 0.4) is 0 Å². The lowest BCUT2D eigenvalue weighted by atomic mass is 10.3. The Morgan fingerprint density at radius 1 is 1.44 bits per heavy atom. The summed E-state index contributed by atoms with van der Waals surface area (Å²) in [6, 6.07) is 2.69. The second kappa shape index (κ2) is 3.98. The highest BCUT2D eigenvalue weighted by Crippen LogP contribution is 2.19. The Morgan fingerprint density at radius 2 is 2.11 bits per heavy atom. The number of hydrogen-bond donors (Lipinski definition) is 2. The van der Waals surface area contributed by atoms with Gasteiger partial charge in [-0.25, -0.2) is 18.2 Å². The summed E-state index contributed by atoms with van der Waals surface area (Å²) < 4.78 is 23.8. The van der Waals surface area contributed by atoms with E-state index in [-0.39, 0.29) is 22.8 Å². The maximum absolute atomic E-state index is 11.2. The van der Waals surface area contributed by atoms with Gasteiger partial charge in [0.2, 0.25) is 0 Å². The molecule has 0 saturated carbocycles. The largest absolute Gasteiger partial charge is 0.506 e. The van der Waals surface area contributed by atoms with Crippen LogP contribution in [0.4, 0.5) is 0 Å². The van der Waals surface area contributed by atoms with Gasteiger partial charge in [-0.2, -0.15) is 0 Å². The number of sulfone groups is 1. The number of hydrogen-bond acceptors (Lipinski definition) is 5. The van der Waals surface area contributed by atoms with Crippen LogP contribution in [-0.2, 0) is 15.6 Å². The summed E-state index contributed by atoms with van der Waals surface area (Å²) in [5.74, 6) is -1.70. The number of pyridine rings is 1. The molecule has 0 radical (unpaired) electrons. The summed E-state index contributed by atoms with van der Waals surface area (Å²) in [5, 5.41) is 18.3. The molecule has 96 valence electrons. The van der Waals surface area contributed by atoms with E-state index >= 15 is 0 Å². The second-order valence-corrected chi connectivity index (χ2v) is 6.03. The summed E-state index contributed by atoms with van der Waals surface area (Å²) in [6.07, 6.45) is 2.26. The molecular weight excluding hydrogens is 260 g/mol. The monoisotopic (exact) mass is 270 g/mol. The van der Waals surface area contributed by atoms with Crippen LogP contribution >= 0.6 is 0 Å². The molecule has 2 aromatic heterocycles. The van der Waals surface area contributed by atoms with Gasteiger partial charge in [0.05, 0.1) is 11.7 Å². The molecule has 0 atom stereocenters. The Morgan fingerprint density at radius 3 is 2.67 bits per heavy atom. The molecule has 0 amide bonds. The van der Waals surface area contributed by atoms with Gasteiger partial charge in [0.25, 0.3) is 0 Å². The lowest BCUT2D eigenvalue weighted by Gasteiger charge is -2.00. The van der Waals surface area contributed by atoms with E-state index in [9.17, 15) is 18.3 Å². The van der Waals surface area contributed by atoms with E-state index in [4.69, 9.17) is 5.11 Å². The van der Waals surface area contributed by atoms with Gasteiger partial charge in [-0.05, 0) is 12.1 Å². The number of aromatic nitrogens is 2. The fraction of sp³-hybridized carbons (Fsp3) is 0.200. The Hall–Kier alpha value is -2.09. The summed E-state index contributed by atoms with van der Waals surface area (Å²) in [7, 11) is -3.35. The van der Waals surface area contributed by atoms with Crippen molar-refractivity contribution < 1.29 is 23.4 Å². The molecule has 0 aliphatic rings. The van der Waals surface area contributed by atoms with E-state index in [1.54, 1.807) is 0 Å². The van der Waals surface area contributed by atoms with Gasteiger partial charge in [-0.1, -0.05) is 0 Å². The third-order valence-corrected chi connectivity index (χ3v) is 3.07. The van der Waals surface area contributed by atoms with E-state index in [2.05, 4.69) is 4.98 Å². The molecule has 0 aliphatic carbocycles. The van der Waals surface area contributed by atoms with Crippen molar-refractivity contribution in [3.8, 4) is 5.75 Å². The second-order valence-electron chi connectivity index (χ2n) is 3.89. The van der Waals surface area contributed by atoms with Crippen LogP contribution in [0.1, 0.15) is 16.3 Å². The highest BCUT2D eigenvalue weighted by Gasteiger charge is 2.19. The zero-order valence-corrected chi connectivity index (χ0v) is 10.2. The molecule has 0 spiro atoms. The van der Waals surface area contributed by atoms with E-state index in [1.807, 2.05) is 0 Å². The van der Waals surface area contributed by atoms with Crippen LogP contribution in [0.25, 0.3) is 5.52 Å². The number of carbonyl (C=O) groups is 1. The number of imidazole rings is 1. The predicted octanol–water partition coefficient (Wildman–Crippen LogP) is 0.283. The molecule has 2 heterocycles. The summed E-state index contributed by atoms with van der Waals surface area (Å²) in [4.78, 5) is 14.8. The predicted molar refractivity (Wildman–Crippen MR) is 62.4 cm³/mol. The Bertz CT molecular complexity index is 732. The zero-order valence-electron chi connectivity index (χ0n) is 9.36. The number of aromatic carboxylic acids is 1. The van der Waals surface area contributed by atoms with Crippen LogP contribution in [0.2, 0.25) is 0 Å². The average molecular weight is 270 g/mol. The van der Waals surface area contributed by atoms with Gasteiger partial charge in [0.1, 0.15) is 17.3 Å². The van der Waals surface area contributed by atoms with Gasteiger partial charge >= 0.3 is 5.97 Å². The Balaban J connectivity index is 2.73. The average Bonchev–Trinajstić information content (AvgIpc) is 2.54. The number of aromatic hydroxyl groups is 1. The first-order chi connectivity index (χ1) is 8.28. The van der Waals surface area contributed by atoms with Crippen LogP contribution in [0.15, 0.2) is 18.3 Å². The Kier molecular flexibility index (Phi) is 2.74. The van der Waals surface area contributed by atoms with Crippen molar-refractivity contribution in [3.63, 3.8) is 0 Å². The van der Waals surface area contributed by atoms with E-state index in [0.717, 1.165) is 6.26 Å². The molecule has 0 unspecified atom stereocenters. The molecule has 7 nitrogen and oxygen atoms in total. The quantitative estimate of drug-likeness (QED) is 0.829. The van der Waals surface area contributed by atoms with Gasteiger partial charge in [0.15, 0.2) is 15.5 Å². The van der Waals surface area contributed by atoms with Crippen molar-refractivity contribution in [2.45, 2.75) is 5.75 Å². The molecule has 2 rings (SSSR count). The molecule has 0 aliphatic heterocycles. The van der Waals surface area contributed by atoms with Crippen LogP contribution < -0.4 is 0 Å². The van der Waals surface area contributed by atoms with Crippen molar-refractivity contribution in [3.05, 3.63) is 29.8 Å². The Labute approximate surface area is 102 Å². The molecule has 18 heavy (non-hydrogen) atoms. The minimum absolute atomic E-state index is 0.0563. The zero-order chi connectivity index (χ0) is 13.5. The SMILES string of the molecule is CS(=O)(=O)Cc1nc(C(=O)O)c2ccc(O)cn12. The highest BCUT2D eigenvalue weighted by molar-refractivity contribution is 7.89. The van der Waals surface area contributed by atoms with Gasteiger partial charge in [0, 0.05) is 6.26 Å². The number of carboxylic acid groups (broad SMARTS) is 1. The summed E-state index contributed by atoms with van der Waals surface area (Å²) in [5.41, 5.74) is -0.00685. The van der Waals surface area contributed by atoms with Gasteiger partial charge in [-0.3, -0.25) is 4.40 Å². The first-order valence-corrected chi connectivity index (χ1v) is 6.95. The number of nitrogens with zero attached hydrogens (tertiary/aromatic N) is 2. The van der Waals surface area contributed by atoms with E-state index in [1.165, 1.54) is 22.7 Å². The molecular formula is C10H10N2O5S. The maximum atomic E-state index is 11.2. The number of fused-ring (bicyclic) bond motifs is 1. The first kappa shape index (κ1) is 12.4. The van der Waals surface area contributed by atoms with E-state index in [0.29, 0.717) is 0 Å². The lowest BCUT2D eigenvalue weighted by molar-refractivity contribution is 0.0693. The van der Waals surface area contributed by atoms with Crippen LogP contribution in [0, 0.1) is 0 Å². The van der Waals surface area contributed by atoms with Crippen LogP contribution in [0.5, 0.6) is 5.75 Å². The highest BCUT2D eigenvalue weighted by atomic mass is 32.2. The van der Waals surface area contributed by atoms with E-state index < -0.39 is 21.6 Å². The fourth-order valence-electron chi connectivity index (χ4n) is 1.63. The molecule has 8 heteroatoms. The van der Waals surface area contributed by atoms with Crippen molar-refractivity contribution >= 4 is 21.3 Å². The standard InChI is InChI=1S/C10H10N2O5S/c1-18(16,17)5-8-11-9(10(14)15)7-3-2-6(13)4-12(7)8/h2-4,13H,5H2,1H3,(H,14,15). The maximum Gasteiger partial charge on any atom is 0.356 e. The summed E-state index contributed by atoms with van der Waals surface area (Å²) in [6.45, 7) is 0. The molecule has 0 fully saturated rings. The van der Waals surface area contributed by atoms with Crippen LogP contribution in [-0.4, -0.2) is 40.2 Å². The van der Waals surface area contributed by atoms with Crippen molar-refractivity contribution in [1.82, 2.24) is 9.38 Å². The smallest absolute Gasteiger partial charge is 0.356 e. The molecule has 0 saturated heterocycles. The minimum atomic E-state index is -3.35. The third-order valence-electron chi connectivity index (χ3n) is 2.29. The van der Waals surface area contributed by atoms with Crippen molar-refractivity contribution in [2.24, 2.45) is 0 Å². The molecule has 0 aromatic carbocycles. The lowest BCUT2D eigenvalue weighted by Crippen LogP contribution is -2.05. The fourth-order valence-corrected chi connectivity index (χ4v) is 2.30. The van der Waals surface area contributed by atoms with Crippen molar-refractivity contribution in [1.29, 1.82) is 0 Å². The molecule has 2 aromatic rings. The minimum Gasteiger partial charge on any atom is -0.506 e. The van der Waals surface area contributed by atoms with Gasteiger partial charge in [-0.15, -0.1) is 0 Å². The molecule has 0 bridgehead atoms.